The molecule has 0 radical (unpaired) electrons. The minimum atomic E-state index is 0.277. The van der Waals surface area contributed by atoms with Gasteiger partial charge < -0.3 is 9.80 Å². The molecule has 136 valence electrons. The number of hydrogen-bond acceptors (Lipinski definition) is 4. The lowest BCUT2D eigenvalue weighted by Gasteiger charge is -2.35. The maximum absolute atomic E-state index is 12.7. The molecule has 0 N–H and O–H groups in total. The summed E-state index contributed by atoms with van der Waals surface area (Å²) in [5, 5.41) is 0.471. The van der Waals surface area contributed by atoms with E-state index in [4.69, 9.17) is 0 Å². The van der Waals surface area contributed by atoms with Crippen molar-refractivity contribution >= 4 is 23.5 Å². The van der Waals surface area contributed by atoms with E-state index < -0.39 is 0 Å². The molecule has 2 aromatic rings. The summed E-state index contributed by atoms with van der Waals surface area (Å²) in [6.45, 7) is 3.30. The zero-order chi connectivity index (χ0) is 17.8. The first kappa shape index (κ1) is 17.4. The quantitative estimate of drug-likeness (QED) is 0.828. The van der Waals surface area contributed by atoms with E-state index in [0.29, 0.717) is 11.0 Å². The van der Waals surface area contributed by atoms with Crippen molar-refractivity contribution in [2.24, 2.45) is 0 Å². The minimum absolute atomic E-state index is 0.277. The predicted molar refractivity (Wildman–Crippen MR) is 108 cm³/mol. The van der Waals surface area contributed by atoms with E-state index >= 15 is 0 Å². The van der Waals surface area contributed by atoms with Crippen LogP contribution in [0, 0.1) is 0 Å². The number of nitrogens with zero attached hydrogens (tertiary/aromatic N) is 3. The van der Waals surface area contributed by atoms with Gasteiger partial charge in [0.2, 0.25) is 5.91 Å². The van der Waals surface area contributed by atoms with Gasteiger partial charge in [-0.15, -0.1) is 11.8 Å². The molecular weight excluding hydrogens is 342 g/mol. The van der Waals surface area contributed by atoms with E-state index in [-0.39, 0.29) is 5.91 Å². The van der Waals surface area contributed by atoms with Crippen molar-refractivity contribution in [3.63, 3.8) is 0 Å². The molecule has 1 atom stereocenters. The zero-order valence-corrected chi connectivity index (χ0v) is 15.8. The van der Waals surface area contributed by atoms with Crippen LogP contribution in [0.5, 0.6) is 0 Å². The highest BCUT2D eigenvalue weighted by Gasteiger charge is 2.25. The van der Waals surface area contributed by atoms with Crippen LogP contribution in [0.15, 0.2) is 48.7 Å². The number of hydrogen-bond donors (Lipinski definition) is 0. The normalized spacial score (nSPS) is 19.9. The van der Waals surface area contributed by atoms with Gasteiger partial charge in [-0.05, 0) is 42.5 Å². The molecule has 26 heavy (non-hydrogen) atoms. The summed E-state index contributed by atoms with van der Waals surface area (Å²) < 4.78 is 0. The van der Waals surface area contributed by atoms with Crippen LogP contribution >= 0.6 is 11.8 Å². The van der Waals surface area contributed by atoms with Crippen LogP contribution in [0.1, 0.15) is 29.2 Å². The molecule has 2 heterocycles. The van der Waals surface area contributed by atoms with Gasteiger partial charge in [-0.25, -0.2) is 4.98 Å². The Hall–Kier alpha value is -2.01. The van der Waals surface area contributed by atoms with Gasteiger partial charge in [0.1, 0.15) is 5.82 Å². The first-order chi connectivity index (χ1) is 12.8. The highest BCUT2D eigenvalue weighted by molar-refractivity contribution is 8.00. The van der Waals surface area contributed by atoms with Crippen LogP contribution in [-0.4, -0.2) is 47.7 Å². The van der Waals surface area contributed by atoms with Gasteiger partial charge in [-0.1, -0.05) is 30.3 Å². The molecule has 1 saturated heterocycles. The second-order valence-corrected chi connectivity index (χ2v) is 8.14. The summed E-state index contributed by atoms with van der Waals surface area (Å²) in [4.78, 5) is 21.3. The van der Waals surface area contributed by atoms with E-state index in [2.05, 4.69) is 34.1 Å². The van der Waals surface area contributed by atoms with Crippen molar-refractivity contribution in [3.8, 4) is 0 Å². The Morgan fingerprint density at radius 3 is 2.69 bits per heavy atom. The topological polar surface area (TPSA) is 36.4 Å². The van der Waals surface area contributed by atoms with Crippen molar-refractivity contribution in [2.75, 3.05) is 36.8 Å². The fourth-order valence-corrected chi connectivity index (χ4v) is 5.14. The van der Waals surface area contributed by atoms with Gasteiger partial charge >= 0.3 is 0 Å². The van der Waals surface area contributed by atoms with Crippen LogP contribution in [0.4, 0.5) is 5.82 Å². The largest absolute Gasteiger partial charge is 0.353 e. The van der Waals surface area contributed by atoms with Crippen molar-refractivity contribution < 1.29 is 4.79 Å². The number of amides is 1. The number of benzene rings is 1. The van der Waals surface area contributed by atoms with E-state index in [1.54, 1.807) is 0 Å². The summed E-state index contributed by atoms with van der Waals surface area (Å²) in [5.74, 6) is 1.87. The Balaban J connectivity index is 1.29. The third kappa shape index (κ3) is 3.88. The van der Waals surface area contributed by atoms with Gasteiger partial charge in [0.05, 0.1) is 5.75 Å². The van der Waals surface area contributed by atoms with Gasteiger partial charge in [0.15, 0.2) is 0 Å². The molecule has 0 saturated carbocycles. The molecule has 4 nitrogen and oxygen atoms in total. The van der Waals surface area contributed by atoms with E-state index in [1.807, 2.05) is 41.1 Å². The third-order valence-electron chi connectivity index (χ3n) is 5.33. The molecule has 1 amide bonds. The number of carbonyl (C=O) groups excluding carboxylic acids is 1. The molecule has 1 aromatic heterocycles. The lowest BCUT2D eigenvalue weighted by Crippen LogP contribution is -2.49. The zero-order valence-electron chi connectivity index (χ0n) is 15.0. The highest BCUT2D eigenvalue weighted by Crippen LogP contribution is 2.39. The van der Waals surface area contributed by atoms with Gasteiger partial charge in [0.25, 0.3) is 0 Å². The maximum atomic E-state index is 12.7. The van der Waals surface area contributed by atoms with Crippen molar-refractivity contribution in [3.05, 3.63) is 59.8 Å². The van der Waals surface area contributed by atoms with Crippen LogP contribution in [0.2, 0.25) is 0 Å². The van der Waals surface area contributed by atoms with Gasteiger partial charge in [-0.3, -0.25) is 4.79 Å². The average Bonchev–Trinajstić information content (AvgIpc) is 2.73. The van der Waals surface area contributed by atoms with Gasteiger partial charge in [-0.2, -0.15) is 0 Å². The van der Waals surface area contributed by atoms with Gasteiger partial charge in [0, 0.05) is 37.6 Å². The molecule has 4 rings (SSSR count). The van der Waals surface area contributed by atoms with Crippen LogP contribution in [0.25, 0.3) is 0 Å². The summed E-state index contributed by atoms with van der Waals surface area (Å²) in [5.41, 5.74) is 2.91. The number of pyridine rings is 1. The molecule has 0 spiro atoms. The monoisotopic (exact) mass is 367 g/mol. The van der Waals surface area contributed by atoms with Crippen molar-refractivity contribution in [1.82, 2.24) is 9.88 Å². The number of anilines is 1. The lowest BCUT2D eigenvalue weighted by atomic mass is 9.91. The first-order valence-electron chi connectivity index (χ1n) is 9.44. The number of aromatic nitrogens is 1. The number of carbonyl (C=O) groups is 1. The summed E-state index contributed by atoms with van der Waals surface area (Å²) in [7, 11) is 0. The Kier molecular flexibility index (Phi) is 5.44. The highest BCUT2D eigenvalue weighted by atomic mass is 32.2. The molecule has 0 bridgehead atoms. The SMILES string of the molecule is O=C(CSC1CCCc2ccccc21)N1CCN(c2ccccn2)CC1. The minimum Gasteiger partial charge on any atom is -0.353 e. The standard InChI is InChI=1S/C21H25N3OS/c25-21(16-26-19-9-5-7-17-6-1-2-8-18(17)19)24-14-12-23(13-15-24)20-10-3-4-11-22-20/h1-4,6,8,10-11,19H,5,7,9,12-16H2. The molecule has 1 aliphatic heterocycles. The second kappa shape index (κ2) is 8.12. The Labute approximate surface area is 159 Å². The smallest absolute Gasteiger partial charge is 0.232 e. The summed E-state index contributed by atoms with van der Waals surface area (Å²) in [6, 6.07) is 14.7. The summed E-state index contributed by atoms with van der Waals surface area (Å²) in [6.07, 6.45) is 5.41. The van der Waals surface area contributed by atoms with E-state index in [0.717, 1.165) is 32.0 Å². The third-order valence-corrected chi connectivity index (χ3v) is 6.63. The number of rotatable bonds is 4. The van der Waals surface area contributed by atoms with E-state index in [1.165, 1.54) is 30.4 Å². The Bertz CT molecular complexity index is 744. The number of thioether (sulfide) groups is 1. The Morgan fingerprint density at radius 2 is 1.88 bits per heavy atom. The van der Waals surface area contributed by atoms with Crippen LogP contribution in [-0.2, 0) is 11.2 Å². The van der Waals surface area contributed by atoms with Crippen LogP contribution in [0.3, 0.4) is 0 Å². The van der Waals surface area contributed by atoms with Crippen molar-refractivity contribution in [2.45, 2.75) is 24.5 Å². The summed E-state index contributed by atoms with van der Waals surface area (Å²) >= 11 is 1.82. The number of piperazine rings is 1. The molecule has 1 fully saturated rings. The first-order valence-corrected chi connectivity index (χ1v) is 10.5. The van der Waals surface area contributed by atoms with Crippen molar-refractivity contribution in [1.29, 1.82) is 0 Å². The number of aryl methyl sites for hydroxylation is 1. The molecular formula is C21H25N3OS. The molecule has 2 aliphatic rings. The fraction of sp³-hybridized carbons (Fsp3) is 0.429. The fourth-order valence-electron chi connectivity index (χ4n) is 3.87. The van der Waals surface area contributed by atoms with Crippen LogP contribution < -0.4 is 4.90 Å². The molecule has 5 heteroatoms. The lowest BCUT2D eigenvalue weighted by molar-refractivity contribution is -0.128. The Morgan fingerprint density at radius 1 is 1.08 bits per heavy atom. The van der Waals surface area contributed by atoms with E-state index in [9.17, 15) is 4.79 Å². The molecule has 1 aromatic carbocycles. The molecule has 1 aliphatic carbocycles. The number of fused-ring (bicyclic) bond motifs is 1. The second-order valence-electron chi connectivity index (χ2n) is 6.95. The maximum Gasteiger partial charge on any atom is 0.232 e. The predicted octanol–water partition coefficient (Wildman–Crippen LogP) is 3.54. The average molecular weight is 368 g/mol. The molecule has 1 unspecified atom stereocenters.